The van der Waals surface area contributed by atoms with Crippen molar-refractivity contribution in [2.75, 3.05) is 13.6 Å². The molecule has 0 aliphatic heterocycles. The van der Waals surface area contributed by atoms with Gasteiger partial charge in [-0.2, -0.15) is 0 Å². The van der Waals surface area contributed by atoms with Crippen molar-refractivity contribution in [1.82, 2.24) is 4.90 Å². The van der Waals surface area contributed by atoms with Gasteiger partial charge in [0.15, 0.2) is 0 Å². The van der Waals surface area contributed by atoms with Crippen molar-refractivity contribution in [2.45, 2.75) is 33.2 Å². The molecular formula is C10H20BF3N-. The van der Waals surface area contributed by atoms with Crippen molar-refractivity contribution in [3.05, 3.63) is 12.1 Å². The molecule has 1 nitrogen and oxygen atoms in total. The molecule has 0 radical (unpaired) electrons. The summed E-state index contributed by atoms with van der Waals surface area (Å²) in [6.07, 6.45) is 0.897. The summed E-state index contributed by atoms with van der Waals surface area (Å²) in [6, 6.07) is 0.153. The minimum absolute atomic E-state index is 0.0859. The highest BCUT2D eigenvalue weighted by Gasteiger charge is 2.27. The fourth-order valence-electron chi connectivity index (χ4n) is 1.44. The van der Waals surface area contributed by atoms with Crippen LogP contribution in [0.5, 0.6) is 0 Å². The summed E-state index contributed by atoms with van der Waals surface area (Å²) >= 11 is 0. The van der Waals surface area contributed by atoms with Gasteiger partial charge in [0.1, 0.15) is 0 Å². The van der Waals surface area contributed by atoms with Crippen molar-refractivity contribution in [3.63, 3.8) is 0 Å². The molecule has 0 aromatic rings. The van der Waals surface area contributed by atoms with E-state index < -0.39 is 12.4 Å². The third kappa shape index (κ3) is 5.87. The molecule has 0 spiro atoms. The third-order valence-corrected chi connectivity index (χ3v) is 2.48. The molecule has 0 aromatic heterocycles. The fraction of sp³-hybridized carbons (Fsp3) is 0.800. The SMILES string of the molecule is C=C(CN(C)C(C)CC(C)C)[B-](F)(F)F. The second-order valence-corrected chi connectivity index (χ2v) is 4.63. The lowest BCUT2D eigenvalue weighted by Gasteiger charge is -2.30. The predicted octanol–water partition coefficient (Wildman–Crippen LogP) is 3.30. The number of likely N-dealkylation sites (N-methyl/N-ethyl adjacent to an activating group) is 1. The molecule has 0 fully saturated rings. The lowest BCUT2D eigenvalue weighted by molar-refractivity contribution is 0.245. The first-order valence-electron chi connectivity index (χ1n) is 5.22. The summed E-state index contributed by atoms with van der Waals surface area (Å²) in [5.74, 6) is 0.493. The van der Waals surface area contributed by atoms with E-state index in [9.17, 15) is 12.9 Å². The number of nitrogens with zero attached hydrogens (tertiary/aromatic N) is 1. The summed E-state index contributed by atoms with van der Waals surface area (Å²) in [7, 11) is 1.71. The molecule has 0 aliphatic carbocycles. The van der Waals surface area contributed by atoms with E-state index in [2.05, 4.69) is 20.4 Å². The highest BCUT2D eigenvalue weighted by Crippen LogP contribution is 2.20. The highest BCUT2D eigenvalue weighted by molar-refractivity contribution is 6.66. The van der Waals surface area contributed by atoms with Gasteiger partial charge in [-0.05, 0) is 32.9 Å². The van der Waals surface area contributed by atoms with Gasteiger partial charge in [-0.25, -0.2) is 0 Å². The molecule has 1 unspecified atom stereocenters. The summed E-state index contributed by atoms with van der Waals surface area (Å²) in [5, 5.41) is 0. The van der Waals surface area contributed by atoms with Crippen LogP contribution in [0.15, 0.2) is 12.1 Å². The highest BCUT2D eigenvalue weighted by atomic mass is 19.4. The van der Waals surface area contributed by atoms with Crippen LogP contribution in [0.3, 0.4) is 0 Å². The Balaban J connectivity index is 4.13. The quantitative estimate of drug-likeness (QED) is 0.623. The minimum Gasteiger partial charge on any atom is -0.445 e. The van der Waals surface area contributed by atoms with Gasteiger partial charge in [-0.1, -0.05) is 13.8 Å². The topological polar surface area (TPSA) is 3.24 Å². The molecular weight excluding hydrogens is 202 g/mol. The van der Waals surface area contributed by atoms with Gasteiger partial charge >= 0.3 is 6.98 Å². The van der Waals surface area contributed by atoms with E-state index >= 15 is 0 Å². The maximum absolute atomic E-state index is 12.3. The zero-order chi connectivity index (χ0) is 12.2. The second-order valence-electron chi connectivity index (χ2n) is 4.63. The normalized spacial score (nSPS) is 14.7. The largest absolute Gasteiger partial charge is 0.506 e. The van der Waals surface area contributed by atoms with Crippen LogP contribution in [0.25, 0.3) is 0 Å². The molecule has 90 valence electrons. The molecule has 0 saturated carbocycles. The van der Waals surface area contributed by atoms with Crippen molar-refractivity contribution >= 4 is 6.98 Å². The smallest absolute Gasteiger partial charge is 0.445 e. The predicted molar refractivity (Wildman–Crippen MR) is 59.8 cm³/mol. The van der Waals surface area contributed by atoms with E-state index in [0.29, 0.717) is 5.92 Å². The van der Waals surface area contributed by atoms with Crippen molar-refractivity contribution in [1.29, 1.82) is 0 Å². The monoisotopic (exact) mass is 222 g/mol. The summed E-state index contributed by atoms with van der Waals surface area (Å²) in [5.41, 5.74) is -0.617. The number of halogens is 3. The van der Waals surface area contributed by atoms with E-state index in [1.165, 1.54) is 0 Å². The van der Waals surface area contributed by atoms with Crippen LogP contribution < -0.4 is 0 Å². The standard InChI is InChI=1S/C10H20BF3N/c1-8(2)6-10(4)15(5)7-9(3)11(12,13)14/h8,10H,3,6-7H2,1-2,4-5H3/q-1. The Morgan fingerprint density at radius 3 is 2.07 bits per heavy atom. The van der Waals surface area contributed by atoms with E-state index in [1.54, 1.807) is 11.9 Å². The summed E-state index contributed by atoms with van der Waals surface area (Å²) in [6.45, 7) is 4.18. The molecule has 15 heavy (non-hydrogen) atoms. The van der Waals surface area contributed by atoms with Crippen LogP contribution in [0.4, 0.5) is 12.9 Å². The van der Waals surface area contributed by atoms with Gasteiger partial charge in [0.25, 0.3) is 0 Å². The van der Waals surface area contributed by atoms with Gasteiger partial charge in [0.2, 0.25) is 0 Å². The van der Waals surface area contributed by atoms with Crippen molar-refractivity contribution in [3.8, 4) is 0 Å². The van der Waals surface area contributed by atoms with Gasteiger partial charge in [-0.3, -0.25) is 0 Å². The van der Waals surface area contributed by atoms with Crippen LogP contribution in [-0.2, 0) is 0 Å². The summed E-state index contributed by atoms with van der Waals surface area (Å²) < 4.78 is 36.8. The molecule has 0 heterocycles. The molecule has 1 atom stereocenters. The van der Waals surface area contributed by atoms with Crippen LogP contribution in [0.1, 0.15) is 27.2 Å². The lowest BCUT2D eigenvalue weighted by atomic mass is 9.80. The zero-order valence-electron chi connectivity index (χ0n) is 9.93. The Hall–Kier alpha value is -0.445. The number of hydrogen-bond donors (Lipinski definition) is 0. The van der Waals surface area contributed by atoms with Crippen LogP contribution >= 0.6 is 0 Å². The zero-order valence-corrected chi connectivity index (χ0v) is 9.93. The van der Waals surface area contributed by atoms with Crippen LogP contribution in [0.2, 0.25) is 0 Å². The summed E-state index contributed by atoms with van der Waals surface area (Å²) in [4.78, 5) is 1.71. The van der Waals surface area contributed by atoms with E-state index in [-0.39, 0.29) is 12.6 Å². The fourth-order valence-corrected chi connectivity index (χ4v) is 1.44. The van der Waals surface area contributed by atoms with E-state index in [1.807, 2.05) is 6.92 Å². The van der Waals surface area contributed by atoms with Gasteiger partial charge < -0.3 is 17.8 Å². The Labute approximate surface area is 90.4 Å². The maximum Gasteiger partial charge on any atom is 0.506 e. The average molecular weight is 222 g/mol. The Morgan fingerprint density at radius 1 is 1.27 bits per heavy atom. The number of hydrogen-bond acceptors (Lipinski definition) is 1. The lowest BCUT2D eigenvalue weighted by Crippen LogP contribution is -2.36. The Bertz CT molecular complexity index is 213. The molecule has 0 rings (SSSR count). The van der Waals surface area contributed by atoms with Crippen LogP contribution in [0, 0.1) is 5.92 Å². The van der Waals surface area contributed by atoms with E-state index in [4.69, 9.17) is 0 Å². The van der Waals surface area contributed by atoms with Gasteiger partial charge in [0.05, 0.1) is 0 Å². The Morgan fingerprint density at radius 2 is 1.73 bits per heavy atom. The van der Waals surface area contributed by atoms with Gasteiger partial charge in [0, 0.05) is 6.04 Å². The average Bonchev–Trinajstić information content (AvgIpc) is 2.00. The second kappa shape index (κ2) is 5.59. The maximum atomic E-state index is 12.3. The molecule has 0 saturated heterocycles. The third-order valence-electron chi connectivity index (χ3n) is 2.48. The van der Waals surface area contributed by atoms with Gasteiger partial charge in [-0.15, -0.1) is 12.1 Å². The molecule has 0 N–H and O–H groups in total. The first-order chi connectivity index (χ1) is 6.64. The van der Waals surface area contributed by atoms with Crippen molar-refractivity contribution in [2.24, 2.45) is 5.92 Å². The molecule has 0 aliphatic rings. The first kappa shape index (κ1) is 14.6. The first-order valence-corrected chi connectivity index (χ1v) is 5.22. The Kier molecular flexibility index (Phi) is 5.42. The van der Waals surface area contributed by atoms with E-state index in [0.717, 1.165) is 6.42 Å². The molecule has 0 aromatic carbocycles. The van der Waals surface area contributed by atoms with Crippen molar-refractivity contribution < 1.29 is 12.9 Å². The molecule has 0 amide bonds. The van der Waals surface area contributed by atoms with Crippen LogP contribution in [-0.4, -0.2) is 31.5 Å². The minimum atomic E-state index is -4.89. The molecule has 5 heteroatoms. The number of rotatable bonds is 6. The molecule has 0 bridgehead atoms.